The van der Waals surface area contributed by atoms with Crippen molar-refractivity contribution in [2.24, 2.45) is 5.92 Å². The zero-order valence-electron chi connectivity index (χ0n) is 19.8. The minimum Gasteiger partial charge on any atom is -0.508 e. The molecule has 1 aliphatic heterocycles. The van der Waals surface area contributed by atoms with Gasteiger partial charge in [0.1, 0.15) is 10.6 Å². The molecule has 3 aromatic rings. The number of nitrogens with one attached hydrogen (secondary N) is 2. The Bertz CT molecular complexity index is 1180. The summed E-state index contributed by atoms with van der Waals surface area (Å²) in [5.41, 5.74) is 3.16. The second-order valence-corrected chi connectivity index (χ2v) is 10.6. The number of benzene rings is 1. The Balaban J connectivity index is 1.56. The van der Waals surface area contributed by atoms with E-state index in [0.29, 0.717) is 28.4 Å². The molecule has 1 saturated heterocycles. The number of rotatable bonds is 8. The lowest BCUT2D eigenvalue weighted by atomic mass is 9.93. The minimum atomic E-state index is -1.62. The molecule has 0 radical (unpaired) electrons. The molecule has 1 aliphatic rings. The summed E-state index contributed by atoms with van der Waals surface area (Å²) in [6.07, 6.45) is 3.82. The number of thiazole rings is 1. The highest BCUT2D eigenvalue weighted by Crippen LogP contribution is 2.36. The number of hydrogen-bond acceptors (Lipinski definition) is 8. The molecular weight excluding hydrogens is 472 g/mol. The lowest BCUT2D eigenvalue weighted by molar-refractivity contribution is 0.0622. The zero-order chi connectivity index (χ0) is 24.2. The molecule has 8 nitrogen and oxygen atoms in total. The predicted octanol–water partition coefficient (Wildman–Crippen LogP) is 4.90. The maximum atomic E-state index is 13.2. The van der Waals surface area contributed by atoms with Crippen molar-refractivity contribution in [2.45, 2.75) is 44.6 Å². The number of ether oxygens (including phenoxy) is 2. The largest absolute Gasteiger partial charge is 0.508 e. The molecule has 2 unspecified atom stereocenters. The van der Waals surface area contributed by atoms with E-state index >= 15 is 0 Å². The lowest BCUT2D eigenvalue weighted by Crippen LogP contribution is -2.30. The van der Waals surface area contributed by atoms with Crippen molar-refractivity contribution >= 4 is 33.1 Å². The molecule has 4 rings (SSSR count). The average molecular weight is 503 g/mol. The molecular formula is C24H30N4O4S2. The Kier molecular flexibility index (Phi) is 7.70. The fourth-order valence-corrected chi connectivity index (χ4v) is 6.12. The third-order valence-corrected chi connectivity index (χ3v) is 8.24. The first-order chi connectivity index (χ1) is 16.4. The van der Waals surface area contributed by atoms with Crippen LogP contribution in [0.3, 0.4) is 0 Å². The summed E-state index contributed by atoms with van der Waals surface area (Å²) in [7, 11) is -0.115. The monoisotopic (exact) mass is 502 g/mol. The number of phenols is 1. The normalized spacial score (nSPS) is 16.1. The second-order valence-electron chi connectivity index (χ2n) is 8.42. The lowest BCUT2D eigenvalue weighted by Gasteiger charge is -2.28. The number of pyridine rings is 1. The molecule has 1 aromatic carbocycles. The van der Waals surface area contributed by atoms with E-state index in [1.54, 1.807) is 35.7 Å². The molecule has 10 heteroatoms. The van der Waals surface area contributed by atoms with Crippen molar-refractivity contribution in [3.63, 3.8) is 0 Å². The molecule has 0 spiro atoms. The van der Waals surface area contributed by atoms with E-state index in [4.69, 9.17) is 14.5 Å². The molecule has 182 valence electrons. The smallest absolute Gasteiger partial charge is 0.231 e. The molecule has 1 fully saturated rings. The topological polar surface area (TPSA) is 106 Å². The first kappa shape index (κ1) is 24.4. The van der Waals surface area contributed by atoms with Crippen molar-refractivity contribution in [3.8, 4) is 22.1 Å². The van der Waals surface area contributed by atoms with Crippen LogP contribution in [0.5, 0.6) is 11.6 Å². The van der Waals surface area contributed by atoms with E-state index in [1.165, 1.54) is 7.11 Å². The Morgan fingerprint density at radius 1 is 1.26 bits per heavy atom. The van der Waals surface area contributed by atoms with Gasteiger partial charge in [-0.25, -0.2) is 14.2 Å². The van der Waals surface area contributed by atoms with Crippen LogP contribution in [0.1, 0.15) is 31.0 Å². The maximum Gasteiger partial charge on any atom is 0.231 e. The van der Waals surface area contributed by atoms with Gasteiger partial charge in [0.05, 0.1) is 17.7 Å². The van der Waals surface area contributed by atoms with Gasteiger partial charge in [0.2, 0.25) is 5.88 Å². The van der Waals surface area contributed by atoms with Crippen LogP contribution in [0, 0.1) is 19.8 Å². The number of anilines is 2. The van der Waals surface area contributed by atoms with Crippen LogP contribution in [-0.4, -0.2) is 45.6 Å². The molecule has 34 heavy (non-hydrogen) atoms. The minimum absolute atomic E-state index is 0.159. The Morgan fingerprint density at radius 3 is 2.74 bits per heavy atom. The average Bonchev–Trinajstić information content (AvgIpc) is 3.20. The van der Waals surface area contributed by atoms with E-state index in [1.807, 2.05) is 19.9 Å². The van der Waals surface area contributed by atoms with Gasteiger partial charge in [-0.05, 0) is 69.4 Å². The second kappa shape index (κ2) is 10.7. The summed E-state index contributed by atoms with van der Waals surface area (Å²) in [5.74, 6) is 1.01. The van der Waals surface area contributed by atoms with Gasteiger partial charge in [-0.15, -0.1) is 0 Å². The van der Waals surface area contributed by atoms with Crippen molar-refractivity contribution in [1.82, 2.24) is 9.97 Å². The van der Waals surface area contributed by atoms with Gasteiger partial charge >= 0.3 is 0 Å². The van der Waals surface area contributed by atoms with E-state index in [2.05, 4.69) is 21.9 Å². The quantitative estimate of drug-likeness (QED) is 0.376. The highest BCUT2D eigenvalue weighted by atomic mass is 32.2. The molecule has 0 amide bonds. The zero-order valence-corrected chi connectivity index (χ0v) is 21.4. The Hall–Kier alpha value is -2.69. The SMILES string of the molecule is COc1ncc(-c2sc(NC(C)C3CCOCC3)nc2C)cc1S(=O)Nc1ccc(O)cc1C. The summed E-state index contributed by atoms with van der Waals surface area (Å²) >= 11 is 1.57. The van der Waals surface area contributed by atoms with Crippen LogP contribution < -0.4 is 14.8 Å². The van der Waals surface area contributed by atoms with E-state index in [-0.39, 0.29) is 5.75 Å². The van der Waals surface area contributed by atoms with Gasteiger partial charge in [0.25, 0.3) is 0 Å². The summed E-state index contributed by atoms with van der Waals surface area (Å²) in [6, 6.07) is 6.99. The number of aromatic hydroxyl groups is 1. The van der Waals surface area contributed by atoms with Crippen molar-refractivity contribution in [1.29, 1.82) is 0 Å². The Morgan fingerprint density at radius 2 is 2.03 bits per heavy atom. The third kappa shape index (κ3) is 5.51. The van der Waals surface area contributed by atoms with Crippen LogP contribution in [0.4, 0.5) is 10.8 Å². The predicted molar refractivity (Wildman–Crippen MR) is 136 cm³/mol. The van der Waals surface area contributed by atoms with Crippen molar-refractivity contribution in [2.75, 3.05) is 30.4 Å². The number of aromatic nitrogens is 2. The van der Waals surface area contributed by atoms with Gasteiger partial charge in [-0.3, -0.25) is 0 Å². The number of hydrogen-bond donors (Lipinski definition) is 3. The molecule has 0 aliphatic carbocycles. The maximum absolute atomic E-state index is 13.2. The van der Waals surface area contributed by atoms with Gasteiger partial charge < -0.3 is 24.6 Å². The summed E-state index contributed by atoms with van der Waals surface area (Å²) in [4.78, 5) is 10.5. The number of nitrogens with zero attached hydrogens (tertiary/aromatic N) is 2. The molecule has 2 atom stereocenters. The standard InChI is InChI=1S/C24H30N4O4S2/c1-14-11-19(29)5-6-20(14)28-34(30)21-12-18(13-25-23(21)31-4)22-16(3)27-24(33-22)26-15(2)17-7-9-32-10-8-17/h5-6,11-13,15,17,28-29H,7-10H2,1-4H3,(H,26,27). The van der Waals surface area contributed by atoms with Gasteiger partial charge in [0.15, 0.2) is 16.1 Å². The van der Waals surface area contributed by atoms with Crippen LogP contribution in [0.15, 0.2) is 35.4 Å². The fourth-order valence-electron chi connectivity index (χ4n) is 4.01. The fraction of sp³-hybridized carbons (Fsp3) is 0.417. The molecule has 3 heterocycles. The number of aryl methyl sites for hydroxylation is 2. The van der Waals surface area contributed by atoms with E-state index in [0.717, 1.165) is 52.9 Å². The van der Waals surface area contributed by atoms with Crippen LogP contribution >= 0.6 is 11.3 Å². The molecule has 3 N–H and O–H groups in total. The summed E-state index contributed by atoms with van der Waals surface area (Å²) in [5, 5.41) is 14.1. The van der Waals surface area contributed by atoms with E-state index in [9.17, 15) is 9.32 Å². The number of methoxy groups -OCH3 is 1. The van der Waals surface area contributed by atoms with Crippen molar-refractivity contribution < 1.29 is 18.8 Å². The molecule has 2 aromatic heterocycles. The Labute approximate surface area is 206 Å². The first-order valence-electron chi connectivity index (χ1n) is 11.2. The summed E-state index contributed by atoms with van der Waals surface area (Å²) < 4.78 is 27.1. The van der Waals surface area contributed by atoms with E-state index < -0.39 is 11.0 Å². The van der Waals surface area contributed by atoms with Gasteiger partial charge in [-0.1, -0.05) is 11.3 Å². The van der Waals surface area contributed by atoms with Crippen LogP contribution in [0.25, 0.3) is 10.4 Å². The summed E-state index contributed by atoms with van der Waals surface area (Å²) in [6.45, 7) is 7.62. The first-order valence-corrected chi connectivity index (χ1v) is 13.2. The van der Waals surface area contributed by atoms with Gasteiger partial charge in [-0.2, -0.15) is 0 Å². The molecule has 0 saturated carbocycles. The van der Waals surface area contributed by atoms with Crippen molar-refractivity contribution in [3.05, 3.63) is 41.7 Å². The van der Waals surface area contributed by atoms with Crippen LogP contribution in [0.2, 0.25) is 0 Å². The highest BCUT2D eigenvalue weighted by molar-refractivity contribution is 7.86. The third-order valence-electron chi connectivity index (χ3n) is 6.01. The number of phenolic OH excluding ortho intramolecular Hbond substituents is 1. The van der Waals surface area contributed by atoms with Crippen LogP contribution in [-0.2, 0) is 15.7 Å². The molecule has 0 bridgehead atoms. The highest BCUT2D eigenvalue weighted by Gasteiger charge is 2.22. The van der Waals surface area contributed by atoms with Gasteiger partial charge in [0, 0.05) is 36.7 Å².